The molecule has 0 N–H and O–H groups in total. The molecule has 4 nitrogen and oxygen atoms in total. The Labute approximate surface area is 126 Å². The van der Waals surface area contributed by atoms with Gasteiger partial charge in [0.2, 0.25) is 5.58 Å². The summed E-state index contributed by atoms with van der Waals surface area (Å²) in [5, 5.41) is 2.37. The normalized spacial score (nSPS) is 11.4. The fraction of sp³-hybridized carbons (Fsp3) is 0.111. The fourth-order valence-corrected chi connectivity index (χ4v) is 2.98. The smallest absolute Gasteiger partial charge is 0.390 e. The Kier molecular flexibility index (Phi) is 2.66. The van der Waals surface area contributed by atoms with Crippen molar-refractivity contribution in [1.29, 1.82) is 0 Å². The zero-order valence-corrected chi connectivity index (χ0v) is 12.3. The first-order valence-electron chi connectivity index (χ1n) is 7.06. The summed E-state index contributed by atoms with van der Waals surface area (Å²) >= 11 is 0. The van der Waals surface area contributed by atoms with Crippen LogP contribution in [0.25, 0.3) is 33.2 Å². The Morgan fingerprint density at radius 3 is 2.68 bits per heavy atom. The SMILES string of the molecule is Cc1c(-c2c3oc(=O)oc3cc[n+]2C)ccc2ccccc12. The Morgan fingerprint density at radius 2 is 1.82 bits per heavy atom. The second kappa shape index (κ2) is 4.56. The minimum Gasteiger partial charge on any atom is -0.390 e. The molecule has 0 saturated carbocycles. The van der Waals surface area contributed by atoms with Gasteiger partial charge in [0.1, 0.15) is 7.05 Å². The topological polar surface area (TPSA) is 47.2 Å². The third kappa shape index (κ3) is 1.77. The number of fused-ring (bicyclic) bond motifs is 2. The van der Waals surface area contributed by atoms with E-state index < -0.39 is 5.82 Å². The molecule has 4 rings (SSSR count). The van der Waals surface area contributed by atoms with Crippen molar-refractivity contribution >= 4 is 21.9 Å². The quantitative estimate of drug-likeness (QED) is 0.505. The van der Waals surface area contributed by atoms with Crippen LogP contribution in [0.4, 0.5) is 0 Å². The van der Waals surface area contributed by atoms with Gasteiger partial charge in [-0.15, -0.1) is 0 Å². The lowest BCUT2D eigenvalue weighted by molar-refractivity contribution is -0.659. The minimum absolute atomic E-state index is 0.464. The molecule has 0 radical (unpaired) electrons. The molecule has 0 saturated heterocycles. The average molecular weight is 292 g/mol. The van der Waals surface area contributed by atoms with Crippen LogP contribution in [0.15, 0.2) is 62.3 Å². The van der Waals surface area contributed by atoms with Crippen molar-refractivity contribution in [3.8, 4) is 11.3 Å². The van der Waals surface area contributed by atoms with E-state index >= 15 is 0 Å². The van der Waals surface area contributed by atoms with Crippen molar-refractivity contribution < 1.29 is 13.4 Å². The molecular formula is C18H14NO3+. The first-order chi connectivity index (χ1) is 10.6. The van der Waals surface area contributed by atoms with Gasteiger partial charge in [-0.3, -0.25) is 0 Å². The molecule has 4 heteroatoms. The van der Waals surface area contributed by atoms with Gasteiger partial charge >= 0.3 is 5.82 Å². The van der Waals surface area contributed by atoms with Crippen LogP contribution >= 0.6 is 0 Å². The lowest BCUT2D eigenvalue weighted by atomic mass is 9.97. The van der Waals surface area contributed by atoms with E-state index in [4.69, 9.17) is 8.83 Å². The lowest BCUT2D eigenvalue weighted by Gasteiger charge is -2.08. The van der Waals surface area contributed by atoms with E-state index in [2.05, 4.69) is 31.2 Å². The number of hydrogen-bond acceptors (Lipinski definition) is 3. The van der Waals surface area contributed by atoms with E-state index in [0.717, 1.165) is 16.8 Å². The number of benzene rings is 2. The van der Waals surface area contributed by atoms with E-state index in [0.29, 0.717) is 11.2 Å². The van der Waals surface area contributed by atoms with Gasteiger partial charge < -0.3 is 8.83 Å². The molecule has 0 aliphatic rings. The minimum atomic E-state index is -0.680. The highest BCUT2D eigenvalue weighted by molar-refractivity contribution is 5.94. The van der Waals surface area contributed by atoms with Gasteiger partial charge in [-0.25, -0.2) is 4.79 Å². The highest BCUT2D eigenvalue weighted by Gasteiger charge is 2.22. The predicted molar refractivity (Wildman–Crippen MR) is 83.6 cm³/mol. The van der Waals surface area contributed by atoms with Crippen LogP contribution in [-0.4, -0.2) is 0 Å². The Morgan fingerprint density at radius 1 is 1.00 bits per heavy atom. The Hall–Kier alpha value is -2.88. The maximum Gasteiger partial charge on any atom is 0.519 e. The van der Waals surface area contributed by atoms with E-state index in [1.807, 2.05) is 29.9 Å². The van der Waals surface area contributed by atoms with E-state index in [9.17, 15) is 4.79 Å². The first-order valence-corrected chi connectivity index (χ1v) is 7.06. The summed E-state index contributed by atoms with van der Waals surface area (Å²) in [7, 11) is 1.93. The Bertz CT molecular complexity index is 1070. The zero-order valence-electron chi connectivity index (χ0n) is 12.3. The van der Waals surface area contributed by atoms with Crippen molar-refractivity contribution in [2.24, 2.45) is 7.05 Å². The average Bonchev–Trinajstić information content (AvgIpc) is 2.89. The third-order valence-corrected chi connectivity index (χ3v) is 4.07. The number of nitrogens with zero attached hydrogens (tertiary/aromatic N) is 1. The molecule has 0 aliphatic heterocycles. The van der Waals surface area contributed by atoms with Gasteiger partial charge in [-0.2, -0.15) is 4.57 Å². The zero-order chi connectivity index (χ0) is 15.3. The molecule has 2 aromatic heterocycles. The van der Waals surface area contributed by atoms with Crippen LogP contribution in [0.2, 0.25) is 0 Å². The highest BCUT2D eigenvalue weighted by atomic mass is 16.6. The molecule has 0 fully saturated rings. The van der Waals surface area contributed by atoms with Gasteiger partial charge in [-0.1, -0.05) is 30.3 Å². The number of pyridine rings is 1. The molecule has 22 heavy (non-hydrogen) atoms. The second-order valence-electron chi connectivity index (χ2n) is 5.38. The summed E-state index contributed by atoms with van der Waals surface area (Å²) in [5.41, 5.74) is 3.95. The fourth-order valence-electron chi connectivity index (χ4n) is 2.98. The second-order valence-corrected chi connectivity index (χ2v) is 5.38. The monoisotopic (exact) mass is 292 g/mol. The van der Waals surface area contributed by atoms with Crippen LogP contribution in [0.1, 0.15) is 5.56 Å². The molecule has 0 aliphatic carbocycles. The third-order valence-electron chi connectivity index (χ3n) is 4.07. The van der Waals surface area contributed by atoms with Crippen molar-refractivity contribution in [3.63, 3.8) is 0 Å². The van der Waals surface area contributed by atoms with E-state index in [-0.39, 0.29) is 0 Å². The summed E-state index contributed by atoms with van der Waals surface area (Å²) in [6, 6.07) is 14.1. The van der Waals surface area contributed by atoms with Crippen LogP contribution in [0.3, 0.4) is 0 Å². The molecule has 0 spiro atoms. The lowest BCUT2D eigenvalue weighted by Crippen LogP contribution is -2.30. The van der Waals surface area contributed by atoms with Gasteiger partial charge in [0.25, 0.3) is 5.69 Å². The molecule has 0 amide bonds. The predicted octanol–water partition coefficient (Wildman–Crippen LogP) is 3.34. The summed E-state index contributed by atoms with van der Waals surface area (Å²) in [4.78, 5) is 11.4. The van der Waals surface area contributed by atoms with Gasteiger partial charge in [0.05, 0.1) is 5.56 Å². The van der Waals surface area contributed by atoms with Gasteiger partial charge in [0, 0.05) is 6.07 Å². The van der Waals surface area contributed by atoms with E-state index in [1.165, 1.54) is 10.8 Å². The molecule has 2 aromatic carbocycles. The number of rotatable bonds is 1. The standard InChI is InChI=1S/C18H14NO3/c1-11-13-6-4-3-5-12(13)7-8-14(11)16-17-15(9-10-19(16)2)21-18(20)22-17/h3-10H,1-2H3/q+1. The number of hydrogen-bond donors (Lipinski definition) is 0. The van der Waals surface area contributed by atoms with Crippen molar-refractivity contribution in [2.75, 3.05) is 0 Å². The number of aryl methyl sites for hydroxylation is 2. The maximum atomic E-state index is 11.4. The van der Waals surface area contributed by atoms with Gasteiger partial charge in [-0.05, 0) is 29.3 Å². The van der Waals surface area contributed by atoms with Crippen molar-refractivity contribution in [3.05, 3.63) is 64.8 Å². The molecule has 0 bridgehead atoms. The first kappa shape index (κ1) is 12.8. The van der Waals surface area contributed by atoms with Gasteiger partial charge in [0.15, 0.2) is 11.8 Å². The Balaban J connectivity index is 2.13. The largest absolute Gasteiger partial charge is 0.519 e. The van der Waals surface area contributed by atoms with Crippen LogP contribution < -0.4 is 10.4 Å². The highest BCUT2D eigenvalue weighted by Crippen LogP contribution is 2.31. The van der Waals surface area contributed by atoms with Crippen LogP contribution in [-0.2, 0) is 7.05 Å². The summed E-state index contributed by atoms with van der Waals surface area (Å²) in [5.74, 6) is -0.680. The van der Waals surface area contributed by atoms with Crippen LogP contribution in [0.5, 0.6) is 0 Å². The van der Waals surface area contributed by atoms with Crippen molar-refractivity contribution in [2.45, 2.75) is 6.92 Å². The molecular weight excluding hydrogens is 278 g/mol. The summed E-state index contributed by atoms with van der Waals surface area (Å²) in [6.07, 6.45) is 1.87. The number of aromatic nitrogens is 1. The summed E-state index contributed by atoms with van der Waals surface area (Å²) < 4.78 is 12.3. The van der Waals surface area contributed by atoms with Crippen molar-refractivity contribution in [1.82, 2.24) is 0 Å². The van der Waals surface area contributed by atoms with Crippen LogP contribution in [0, 0.1) is 6.92 Å². The molecule has 0 unspecified atom stereocenters. The molecule has 108 valence electrons. The molecule has 0 atom stereocenters. The maximum absolute atomic E-state index is 11.4. The molecule has 4 aromatic rings. The van der Waals surface area contributed by atoms with E-state index in [1.54, 1.807) is 6.07 Å². The summed E-state index contributed by atoms with van der Waals surface area (Å²) in [6.45, 7) is 2.08. The molecule has 2 heterocycles.